The molecular formula is C17H24N4O3. The molecule has 24 heavy (non-hydrogen) atoms. The minimum absolute atomic E-state index is 0.0311. The third-order valence-electron chi connectivity index (χ3n) is 3.17. The zero-order chi connectivity index (χ0) is 17.2. The van der Waals surface area contributed by atoms with Gasteiger partial charge in [-0.3, -0.25) is 9.78 Å². The SMILES string of the molecule is CC(C)COCCCNC(=O)CCc1nc(-c2ccccn2)no1. The van der Waals surface area contributed by atoms with E-state index in [0.717, 1.165) is 13.0 Å². The number of nitrogens with one attached hydrogen (secondary N) is 1. The predicted molar refractivity (Wildman–Crippen MR) is 89.1 cm³/mol. The van der Waals surface area contributed by atoms with Crippen LogP contribution in [0.15, 0.2) is 28.9 Å². The highest BCUT2D eigenvalue weighted by atomic mass is 16.5. The second-order valence-corrected chi connectivity index (χ2v) is 5.90. The minimum atomic E-state index is -0.0311. The molecule has 0 saturated heterocycles. The zero-order valence-corrected chi connectivity index (χ0v) is 14.2. The number of pyridine rings is 1. The quantitative estimate of drug-likeness (QED) is 0.671. The van der Waals surface area contributed by atoms with Gasteiger partial charge in [-0.1, -0.05) is 25.1 Å². The molecule has 2 aromatic heterocycles. The highest BCUT2D eigenvalue weighted by molar-refractivity contribution is 5.75. The van der Waals surface area contributed by atoms with Crippen molar-refractivity contribution in [3.63, 3.8) is 0 Å². The summed E-state index contributed by atoms with van der Waals surface area (Å²) in [6, 6.07) is 5.49. The van der Waals surface area contributed by atoms with Crippen LogP contribution in [0.1, 0.15) is 32.6 Å². The van der Waals surface area contributed by atoms with Crippen LogP contribution in [0.5, 0.6) is 0 Å². The maximum absolute atomic E-state index is 11.8. The summed E-state index contributed by atoms with van der Waals surface area (Å²) in [5, 5.41) is 6.74. The molecule has 1 N–H and O–H groups in total. The van der Waals surface area contributed by atoms with E-state index in [4.69, 9.17) is 9.26 Å². The van der Waals surface area contributed by atoms with Crippen LogP contribution in [0.3, 0.4) is 0 Å². The average molecular weight is 332 g/mol. The number of ether oxygens (including phenoxy) is 1. The van der Waals surface area contributed by atoms with Gasteiger partial charge in [0.1, 0.15) is 5.69 Å². The Balaban J connectivity index is 1.63. The summed E-state index contributed by atoms with van der Waals surface area (Å²) >= 11 is 0. The summed E-state index contributed by atoms with van der Waals surface area (Å²) in [7, 11) is 0. The van der Waals surface area contributed by atoms with Crippen LogP contribution in [0.25, 0.3) is 11.5 Å². The lowest BCUT2D eigenvalue weighted by atomic mass is 10.2. The maximum Gasteiger partial charge on any atom is 0.227 e. The fourth-order valence-electron chi connectivity index (χ4n) is 1.99. The van der Waals surface area contributed by atoms with Crippen LogP contribution < -0.4 is 5.32 Å². The van der Waals surface area contributed by atoms with Gasteiger partial charge in [-0.2, -0.15) is 4.98 Å². The van der Waals surface area contributed by atoms with Crippen molar-refractivity contribution in [1.29, 1.82) is 0 Å². The first-order chi connectivity index (χ1) is 11.6. The molecule has 0 spiro atoms. The number of aryl methyl sites for hydroxylation is 1. The molecule has 0 aliphatic heterocycles. The lowest BCUT2D eigenvalue weighted by Crippen LogP contribution is -2.25. The van der Waals surface area contributed by atoms with Gasteiger partial charge in [-0.25, -0.2) is 0 Å². The Morgan fingerprint density at radius 2 is 2.25 bits per heavy atom. The van der Waals surface area contributed by atoms with Gasteiger partial charge in [-0.15, -0.1) is 0 Å². The Hall–Kier alpha value is -2.28. The number of aromatic nitrogens is 3. The van der Waals surface area contributed by atoms with Crippen molar-refractivity contribution in [2.45, 2.75) is 33.1 Å². The van der Waals surface area contributed by atoms with Gasteiger partial charge in [0.2, 0.25) is 17.6 Å². The average Bonchev–Trinajstić information content (AvgIpc) is 3.06. The van der Waals surface area contributed by atoms with Crippen LogP contribution in [0.2, 0.25) is 0 Å². The second kappa shape index (κ2) is 9.77. The molecule has 7 heteroatoms. The summed E-state index contributed by atoms with van der Waals surface area (Å²) in [6.07, 6.45) is 3.21. The predicted octanol–water partition coefficient (Wildman–Crippen LogP) is 2.24. The first kappa shape index (κ1) is 18.1. The van der Waals surface area contributed by atoms with Gasteiger partial charge in [0.15, 0.2) is 0 Å². The third-order valence-corrected chi connectivity index (χ3v) is 3.17. The molecule has 1 amide bonds. The van der Waals surface area contributed by atoms with E-state index in [-0.39, 0.29) is 5.91 Å². The van der Waals surface area contributed by atoms with E-state index in [1.165, 1.54) is 0 Å². The summed E-state index contributed by atoms with van der Waals surface area (Å²) in [5.41, 5.74) is 0.651. The van der Waals surface area contributed by atoms with E-state index in [0.29, 0.717) is 49.3 Å². The van der Waals surface area contributed by atoms with Crippen molar-refractivity contribution >= 4 is 5.91 Å². The molecular weight excluding hydrogens is 308 g/mol. The molecule has 0 unspecified atom stereocenters. The Kier molecular flexibility index (Phi) is 7.35. The fourth-order valence-corrected chi connectivity index (χ4v) is 1.99. The van der Waals surface area contributed by atoms with Crippen LogP contribution in [0.4, 0.5) is 0 Å². The third kappa shape index (κ3) is 6.45. The van der Waals surface area contributed by atoms with E-state index in [9.17, 15) is 4.79 Å². The molecule has 0 fully saturated rings. The number of hydrogen-bond donors (Lipinski definition) is 1. The topological polar surface area (TPSA) is 90.1 Å². The van der Waals surface area contributed by atoms with Crippen molar-refractivity contribution in [3.8, 4) is 11.5 Å². The number of carbonyl (C=O) groups is 1. The number of rotatable bonds is 10. The lowest BCUT2D eigenvalue weighted by Gasteiger charge is -2.07. The minimum Gasteiger partial charge on any atom is -0.381 e. The smallest absolute Gasteiger partial charge is 0.227 e. The molecule has 7 nitrogen and oxygen atoms in total. The summed E-state index contributed by atoms with van der Waals surface area (Å²) < 4.78 is 10.6. The van der Waals surface area contributed by atoms with E-state index in [2.05, 4.69) is 34.3 Å². The number of amides is 1. The summed E-state index contributed by atoms with van der Waals surface area (Å²) in [6.45, 7) is 6.25. The molecule has 0 aromatic carbocycles. The number of carbonyl (C=O) groups excluding carboxylic acids is 1. The Morgan fingerprint density at radius 1 is 1.38 bits per heavy atom. The van der Waals surface area contributed by atoms with Gasteiger partial charge in [0.05, 0.1) is 0 Å². The van der Waals surface area contributed by atoms with Gasteiger partial charge >= 0.3 is 0 Å². The first-order valence-electron chi connectivity index (χ1n) is 8.23. The largest absolute Gasteiger partial charge is 0.381 e. The van der Waals surface area contributed by atoms with Crippen molar-refractivity contribution < 1.29 is 14.1 Å². The van der Waals surface area contributed by atoms with E-state index < -0.39 is 0 Å². The molecule has 0 atom stereocenters. The van der Waals surface area contributed by atoms with Crippen LogP contribution in [-0.2, 0) is 16.0 Å². The first-order valence-corrected chi connectivity index (χ1v) is 8.23. The summed E-state index contributed by atoms with van der Waals surface area (Å²) in [5.74, 6) is 1.38. The van der Waals surface area contributed by atoms with Crippen molar-refractivity contribution in [1.82, 2.24) is 20.4 Å². The standard InChI is InChI=1S/C17H24N4O3/c1-13(2)12-23-11-5-10-19-15(22)7-8-16-20-17(21-24-16)14-6-3-4-9-18-14/h3-4,6,9,13H,5,7-8,10-12H2,1-2H3,(H,19,22). The van der Waals surface area contributed by atoms with Crippen LogP contribution >= 0.6 is 0 Å². The molecule has 0 bridgehead atoms. The molecule has 0 aliphatic carbocycles. The highest BCUT2D eigenvalue weighted by Gasteiger charge is 2.11. The lowest BCUT2D eigenvalue weighted by molar-refractivity contribution is -0.121. The normalized spacial score (nSPS) is 11.0. The van der Waals surface area contributed by atoms with Gasteiger partial charge in [0.25, 0.3) is 0 Å². The Labute approximate surface area is 141 Å². The molecule has 0 saturated carbocycles. The monoisotopic (exact) mass is 332 g/mol. The highest BCUT2D eigenvalue weighted by Crippen LogP contribution is 2.12. The fraction of sp³-hybridized carbons (Fsp3) is 0.529. The molecule has 0 aliphatic rings. The van der Waals surface area contributed by atoms with Gasteiger partial charge in [0, 0.05) is 38.8 Å². The summed E-state index contributed by atoms with van der Waals surface area (Å²) in [4.78, 5) is 20.2. The molecule has 2 aromatic rings. The zero-order valence-electron chi connectivity index (χ0n) is 14.2. The second-order valence-electron chi connectivity index (χ2n) is 5.90. The molecule has 2 heterocycles. The number of nitrogens with zero attached hydrogens (tertiary/aromatic N) is 3. The molecule has 0 radical (unpaired) electrons. The Bertz CT molecular complexity index is 613. The number of hydrogen-bond acceptors (Lipinski definition) is 6. The van der Waals surface area contributed by atoms with E-state index in [1.807, 2.05) is 18.2 Å². The maximum atomic E-state index is 11.8. The van der Waals surface area contributed by atoms with Gasteiger partial charge in [-0.05, 0) is 24.5 Å². The van der Waals surface area contributed by atoms with Crippen molar-refractivity contribution in [3.05, 3.63) is 30.3 Å². The van der Waals surface area contributed by atoms with Gasteiger partial charge < -0.3 is 14.6 Å². The van der Waals surface area contributed by atoms with Crippen LogP contribution in [-0.4, -0.2) is 40.8 Å². The van der Waals surface area contributed by atoms with E-state index in [1.54, 1.807) is 6.20 Å². The van der Waals surface area contributed by atoms with Crippen molar-refractivity contribution in [2.24, 2.45) is 5.92 Å². The van der Waals surface area contributed by atoms with E-state index >= 15 is 0 Å². The molecule has 130 valence electrons. The molecule has 2 rings (SSSR count). The Morgan fingerprint density at radius 3 is 3.00 bits per heavy atom. The van der Waals surface area contributed by atoms with Crippen molar-refractivity contribution in [2.75, 3.05) is 19.8 Å². The van der Waals surface area contributed by atoms with Crippen LogP contribution in [0, 0.1) is 5.92 Å².